The summed E-state index contributed by atoms with van der Waals surface area (Å²) >= 11 is 0. The standard InChI is InChI=1S/C45H76N2O5/c1-3-5-7-9-11-13-15-17-19-21-23-25-27-29-31-39-44(49)52-41(36-32-33-38-43(48)47-42(45(50)51)37-34-40-46)35-30-28-26-24-22-20-18-16-14-12-10-8-6-4-2/h6,8,12,14,17-20,24,26,30,35,41-42H,3-5,7,9-11,13,15-16,21-23,25,27-29,31-34,36-40,46H2,1-2H3,(H,47,48)(H,50,51)/b8-6-,14-12-,19-17-,20-18-,26-24-,35-30-. The highest BCUT2D eigenvalue weighted by Gasteiger charge is 2.19. The minimum absolute atomic E-state index is 0.176. The van der Waals surface area contributed by atoms with Gasteiger partial charge in [0, 0.05) is 12.8 Å². The highest BCUT2D eigenvalue weighted by atomic mass is 16.5. The lowest BCUT2D eigenvalue weighted by molar-refractivity contribution is -0.147. The third kappa shape index (κ3) is 35.2. The molecular formula is C45H76N2O5. The number of esters is 1. The first-order chi connectivity index (χ1) is 25.4. The van der Waals surface area contributed by atoms with Crippen molar-refractivity contribution in [1.29, 1.82) is 0 Å². The molecule has 52 heavy (non-hydrogen) atoms. The predicted octanol–water partition coefficient (Wildman–Crippen LogP) is 11.6. The van der Waals surface area contributed by atoms with Gasteiger partial charge in [0.2, 0.25) is 5.91 Å². The summed E-state index contributed by atoms with van der Waals surface area (Å²) in [5.74, 6) is -1.50. The van der Waals surface area contributed by atoms with Gasteiger partial charge in [0.25, 0.3) is 0 Å². The van der Waals surface area contributed by atoms with Crippen molar-refractivity contribution in [2.24, 2.45) is 5.73 Å². The van der Waals surface area contributed by atoms with Crippen LogP contribution in [0.15, 0.2) is 72.9 Å². The van der Waals surface area contributed by atoms with Crippen LogP contribution in [-0.4, -0.2) is 41.6 Å². The van der Waals surface area contributed by atoms with Crippen molar-refractivity contribution in [2.45, 2.75) is 187 Å². The molecule has 7 nitrogen and oxygen atoms in total. The zero-order chi connectivity index (χ0) is 38.2. The zero-order valence-corrected chi connectivity index (χ0v) is 33.1. The largest absolute Gasteiger partial charge is 0.480 e. The molecule has 0 spiro atoms. The van der Waals surface area contributed by atoms with Gasteiger partial charge < -0.3 is 20.9 Å². The van der Waals surface area contributed by atoms with E-state index in [0.717, 1.165) is 57.8 Å². The molecule has 0 aliphatic rings. The number of carboxylic acids is 1. The Morgan fingerprint density at radius 3 is 1.67 bits per heavy atom. The van der Waals surface area contributed by atoms with Crippen molar-refractivity contribution in [3.63, 3.8) is 0 Å². The lowest BCUT2D eigenvalue weighted by atomic mass is 10.1. The predicted molar refractivity (Wildman–Crippen MR) is 220 cm³/mol. The van der Waals surface area contributed by atoms with E-state index in [1.54, 1.807) is 0 Å². The number of carbonyl (C=O) groups is 3. The minimum Gasteiger partial charge on any atom is -0.480 e. The third-order valence-electron chi connectivity index (χ3n) is 8.74. The molecule has 0 fully saturated rings. The Hall–Kier alpha value is -3.19. The molecule has 2 atom stereocenters. The summed E-state index contributed by atoms with van der Waals surface area (Å²) in [5, 5.41) is 12.0. The summed E-state index contributed by atoms with van der Waals surface area (Å²) in [4.78, 5) is 36.5. The summed E-state index contributed by atoms with van der Waals surface area (Å²) in [6.45, 7) is 4.78. The summed E-state index contributed by atoms with van der Waals surface area (Å²) in [6.07, 6.45) is 49.5. The Labute approximate surface area is 318 Å². The van der Waals surface area contributed by atoms with Crippen molar-refractivity contribution in [1.82, 2.24) is 5.32 Å². The van der Waals surface area contributed by atoms with Crippen LogP contribution >= 0.6 is 0 Å². The highest BCUT2D eigenvalue weighted by molar-refractivity contribution is 5.83. The van der Waals surface area contributed by atoms with E-state index in [9.17, 15) is 19.5 Å². The average molecular weight is 725 g/mol. The number of carboxylic acid groups (broad SMARTS) is 1. The first-order valence-electron chi connectivity index (χ1n) is 20.8. The van der Waals surface area contributed by atoms with Crippen LogP contribution in [0.3, 0.4) is 0 Å². The number of hydrogen-bond donors (Lipinski definition) is 3. The number of allylic oxidation sites excluding steroid dienone is 11. The number of nitrogens with one attached hydrogen (secondary N) is 1. The van der Waals surface area contributed by atoms with Crippen molar-refractivity contribution in [2.75, 3.05) is 6.54 Å². The summed E-state index contributed by atoms with van der Waals surface area (Å²) in [7, 11) is 0. The molecule has 296 valence electrons. The van der Waals surface area contributed by atoms with Crippen molar-refractivity contribution >= 4 is 17.8 Å². The average Bonchev–Trinajstić information content (AvgIpc) is 3.13. The molecule has 0 aromatic carbocycles. The van der Waals surface area contributed by atoms with Gasteiger partial charge in [-0.15, -0.1) is 0 Å². The fraction of sp³-hybridized carbons (Fsp3) is 0.667. The molecule has 0 bridgehead atoms. The number of amides is 1. The number of carbonyl (C=O) groups excluding carboxylic acids is 2. The molecule has 2 unspecified atom stereocenters. The Morgan fingerprint density at radius 2 is 1.12 bits per heavy atom. The molecule has 0 aromatic rings. The number of hydrogen-bond acceptors (Lipinski definition) is 5. The van der Waals surface area contributed by atoms with Gasteiger partial charge in [-0.2, -0.15) is 0 Å². The van der Waals surface area contributed by atoms with Gasteiger partial charge in [0.15, 0.2) is 0 Å². The molecule has 0 rings (SSSR count). The number of aliphatic carboxylic acids is 1. The highest BCUT2D eigenvalue weighted by Crippen LogP contribution is 2.14. The van der Waals surface area contributed by atoms with Crippen molar-refractivity contribution in [3.05, 3.63) is 72.9 Å². The van der Waals surface area contributed by atoms with E-state index in [-0.39, 0.29) is 24.4 Å². The fourth-order valence-electron chi connectivity index (χ4n) is 5.62. The maximum atomic E-state index is 12.7. The van der Waals surface area contributed by atoms with Crippen LogP contribution in [0.2, 0.25) is 0 Å². The minimum atomic E-state index is -1.04. The molecule has 0 heterocycles. The third-order valence-corrected chi connectivity index (χ3v) is 8.74. The van der Waals surface area contributed by atoms with E-state index in [4.69, 9.17) is 10.5 Å². The first kappa shape index (κ1) is 48.8. The van der Waals surface area contributed by atoms with Gasteiger partial charge >= 0.3 is 11.9 Å². The Morgan fingerprint density at radius 1 is 0.596 bits per heavy atom. The molecule has 0 aromatic heterocycles. The molecule has 0 aliphatic carbocycles. The quantitative estimate of drug-likeness (QED) is 0.0336. The van der Waals surface area contributed by atoms with Gasteiger partial charge in [0.1, 0.15) is 12.1 Å². The molecule has 1 amide bonds. The molecular weight excluding hydrogens is 649 g/mol. The van der Waals surface area contributed by atoms with Crippen molar-refractivity contribution < 1.29 is 24.2 Å². The Bertz CT molecular complexity index is 1040. The van der Waals surface area contributed by atoms with Crippen LogP contribution in [0.1, 0.15) is 174 Å². The maximum absolute atomic E-state index is 12.7. The number of ether oxygens (including phenoxy) is 1. The normalized spacial score (nSPS) is 13.4. The van der Waals surface area contributed by atoms with Gasteiger partial charge in [-0.3, -0.25) is 9.59 Å². The summed E-state index contributed by atoms with van der Waals surface area (Å²) < 4.78 is 5.86. The number of unbranched alkanes of at least 4 members (excludes halogenated alkanes) is 12. The molecule has 7 heteroatoms. The Kier molecular flexibility index (Phi) is 36.6. The lowest BCUT2D eigenvalue weighted by Gasteiger charge is -2.16. The smallest absolute Gasteiger partial charge is 0.326 e. The number of nitrogens with two attached hydrogens (primary N) is 1. The molecule has 4 N–H and O–H groups in total. The molecule has 0 saturated heterocycles. The van der Waals surface area contributed by atoms with Crippen LogP contribution in [0.25, 0.3) is 0 Å². The fourth-order valence-corrected chi connectivity index (χ4v) is 5.62. The van der Waals surface area contributed by atoms with Crippen LogP contribution in [0.5, 0.6) is 0 Å². The van der Waals surface area contributed by atoms with E-state index in [0.29, 0.717) is 45.1 Å². The second-order valence-corrected chi connectivity index (χ2v) is 13.7. The second-order valence-electron chi connectivity index (χ2n) is 13.7. The summed E-state index contributed by atoms with van der Waals surface area (Å²) in [6, 6.07) is -0.914. The second kappa shape index (κ2) is 39.0. The van der Waals surface area contributed by atoms with E-state index in [1.807, 2.05) is 12.2 Å². The number of rotatable bonds is 36. The van der Waals surface area contributed by atoms with Gasteiger partial charge in [-0.05, 0) is 109 Å². The molecule has 0 aliphatic heterocycles. The van der Waals surface area contributed by atoms with Crippen LogP contribution in [0, 0.1) is 0 Å². The monoisotopic (exact) mass is 725 g/mol. The molecule has 0 saturated carbocycles. The lowest BCUT2D eigenvalue weighted by Crippen LogP contribution is -2.40. The van der Waals surface area contributed by atoms with Crippen LogP contribution in [-0.2, 0) is 19.1 Å². The van der Waals surface area contributed by atoms with E-state index >= 15 is 0 Å². The van der Waals surface area contributed by atoms with Gasteiger partial charge in [-0.25, -0.2) is 4.79 Å². The topological polar surface area (TPSA) is 119 Å². The maximum Gasteiger partial charge on any atom is 0.326 e. The van der Waals surface area contributed by atoms with Gasteiger partial charge in [0.05, 0.1) is 0 Å². The van der Waals surface area contributed by atoms with Gasteiger partial charge in [-0.1, -0.05) is 132 Å². The van der Waals surface area contributed by atoms with E-state index in [2.05, 4.69) is 79.9 Å². The SMILES string of the molecule is CC/C=C\C/C=C\C/C=C\C/C=C\C/C=C\C(CCCCC(=O)NC(CCCN)C(=O)O)OC(=O)CCCCCCC/C=C\CCCCCCCC. The van der Waals surface area contributed by atoms with E-state index < -0.39 is 12.0 Å². The van der Waals surface area contributed by atoms with E-state index in [1.165, 1.54) is 57.8 Å². The molecule has 0 radical (unpaired) electrons. The Balaban J connectivity index is 4.57. The first-order valence-corrected chi connectivity index (χ1v) is 20.8. The van der Waals surface area contributed by atoms with Crippen LogP contribution in [0.4, 0.5) is 0 Å². The van der Waals surface area contributed by atoms with Crippen LogP contribution < -0.4 is 11.1 Å². The van der Waals surface area contributed by atoms with Crippen molar-refractivity contribution in [3.8, 4) is 0 Å². The summed E-state index contributed by atoms with van der Waals surface area (Å²) in [5.41, 5.74) is 5.49. The zero-order valence-electron chi connectivity index (χ0n) is 33.1.